The molecule has 1 aliphatic carbocycles. The molecule has 0 unspecified atom stereocenters. The molecule has 30 heavy (non-hydrogen) atoms. The largest absolute Gasteiger partial charge is 0.272 e. The molecule has 4 nitrogen and oxygen atoms in total. The van der Waals surface area contributed by atoms with Crippen LogP contribution in [0.1, 0.15) is 31.4 Å². The lowest BCUT2D eigenvalue weighted by molar-refractivity contribution is 0.192. The molecular weight excluding hydrogens is 375 g/mol. The molecule has 3 aromatic heterocycles. The molecule has 0 radical (unpaired) electrons. The van der Waals surface area contributed by atoms with E-state index in [2.05, 4.69) is 46.6 Å². The molecule has 1 aromatic carbocycles. The maximum Gasteiger partial charge on any atom is 0.100 e. The van der Waals surface area contributed by atoms with Crippen molar-refractivity contribution in [1.29, 1.82) is 0 Å². The fraction of sp³-hybridized carbons (Fsp3) is 0.320. The van der Waals surface area contributed by atoms with Gasteiger partial charge in [-0.25, -0.2) is 4.39 Å². The van der Waals surface area contributed by atoms with Crippen LogP contribution < -0.4 is 0 Å². The average Bonchev–Trinajstić information content (AvgIpc) is 3.23. The molecule has 0 aliphatic heterocycles. The Morgan fingerprint density at radius 3 is 2.77 bits per heavy atom. The second-order valence-corrected chi connectivity index (χ2v) is 8.33. The Morgan fingerprint density at radius 2 is 1.90 bits per heavy atom. The molecule has 5 rings (SSSR count). The summed E-state index contributed by atoms with van der Waals surface area (Å²) in [4.78, 5) is 9.35. The lowest BCUT2D eigenvalue weighted by atomic mass is 9.88. The SMILES string of the molecule is Cc1ccc(-c2cnn(CC3CCC(F)CC3)c2)c(-c2ccc3cccnc3c2)n1. The van der Waals surface area contributed by atoms with Gasteiger partial charge in [0.25, 0.3) is 0 Å². The molecule has 0 amide bonds. The first-order valence-electron chi connectivity index (χ1n) is 10.7. The normalized spacial score (nSPS) is 19.3. The van der Waals surface area contributed by atoms with Gasteiger partial charge >= 0.3 is 0 Å². The summed E-state index contributed by atoms with van der Waals surface area (Å²) in [5.41, 5.74) is 6.05. The molecule has 0 spiro atoms. The molecule has 3 heterocycles. The summed E-state index contributed by atoms with van der Waals surface area (Å²) in [7, 11) is 0. The second-order valence-electron chi connectivity index (χ2n) is 8.33. The van der Waals surface area contributed by atoms with Crippen LogP contribution >= 0.6 is 0 Å². The minimum Gasteiger partial charge on any atom is -0.272 e. The Labute approximate surface area is 175 Å². The van der Waals surface area contributed by atoms with E-state index < -0.39 is 6.17 Å². The van der Waals surface area contributed by atoms with Crippen molar-refractivity contribution in [2.45, 2.75) is 45.3 Å². The number of pyridine rings is 2. The van der Waals surface area contributed by atoms with E-state index >= 15 is 0 Å². The lowest BCUT2D eigenvalue weighted by Gasteiger charge is -2.23. The summed E-state index contributed by atoms with van der Waals surface area (Å²) in [6.45, 7) is 2.86. The molecule has 1 saturated carbocycles. The molecule has 0 bridgehead atoms. The van der Waals surface area contributed by atoms with Crippen LogP contribution in [0.5, 0.6) is 0 Å². The van der Waals surface area contributed by atoms with Gasteiger partial charge in [0, 0.05) is 46.7 Å². The molecule has 0 atom stereocenters. The van der Waals surface area contributed by atoms with Crippen LogP contribution in [0.25, 0.3) is 33.3 Å². The minimum absolute atomic E-state index is 0.506. The average molecular weight is 401 g/mol. The van der Waals surface area contributed by atoms with E-state index in [0.717, 1.165) is 58.4 Å². The molecule has 1 fully saturated rings. The number of nitrogens with zero attached hydrogens (tertiary/aromatic N) is 4. The highest BCUT2D eigenvalue weighted by molar-refractivity contribution is 5.87. The first-order chi connectivity index (χ1) is 14.7. The van der Waals surface area contributed by atoms with Crippen molar-refractivity contribution in [3.05, 3.63) is 66.7 Å². The van der Waals surface area contributed by atoms with Gasteiger partial charge in [-0.1, -0.05) is 24.3 Å². The van der Waals surface area contributed by atoms with Gasteiger partial charge in [-0.15, -0.1) is 0 Å². The zero-order valence-electron chi connectivity index (χ0n) is 17.1. The van der Waals surface area contributed by atoms with Gasteiger partial charge in [0.15, 0.2) is 0 Å². The summed E-state index contributed by atoms with van der Waals surface area (Å²) >= 11 is 0. The van der Waals surface area contributed by atoms with E-state index in [1.165, 1.54) is 0 Å². The predicted octanol–water partition coefficient (Wildman–Crippen LogP) is 6.00. The van der Waals surface area contributed by atoms with Crippen molar-refractivity contribution in [2.75, 3.05) is 0 Å². The van der Waals surface area contributed by atoms with Crippen molar-refractivity contribution >= 4 is 10.9 Å². The Hall–Kier alpha value is -3.08. The minimum atomic E-state index is -0.618. The molecule has 5 heteroatoms. The van der Waals surface area contributed by atoms with Crippen LogP contribution in [0.2, 0.25) is 0 Å². The number of hydrogen-bond donors (Lipinski definition) is 0. The number of alkyl halides is 1. The number of aromatic nitrogens is 4. The Kier molecular flexibility index (Phi) is 5.03. The highest BCUT2D eigenvalue weighted by Crippen LogP contribution is 2.33. The fourth-order valence-corrected chi connectivity index (χ4v) is 4.39. The van der Waals surface area contributed by atoms with E-state index in [4.69, 9.17) is 4.98 Å². The zero-order valence-corrected chi connectivity index (χ0v) is 17.1. The van der Waals surface area contributed by atoms with Gasteiger partial charge in [-0.05, 0) is 56.7 Å². The summed E-state index contributed by atoms with van der Waals surface area (Å²) in [6, 6.07) is 14.5. The molecule has 4 aromatic rings. The fourth-order valence-electron chi connectivity index (χ4n) is 4.39. The molecular formula is C25H25FN4. The Bertz CT molecular complexity index is 1170. The summed E-state index contributed by atoms with van der Waals surface area (Å²) in [5.74, 6) is 0.506. The zero-order chi connectivity index (χ0) is 20.5. The Balaban J connectivity index is 1.47. The highest BCUT2D eigenvalue weighted by Gasteiger charge is 2.21. The van der Waals surface area contributed by atoms with E-state index in [-0.39, 0.29) is 0 Å². The second kappa shape index (κ2) is 7.98. The number of rotatable bonds is 4. The third-order valence-corrected chi connectivity index (χ3v) is 6.08. The third kappa shape index (κ3) is 3.84. The lowest BCUT2D eigenvalue weighted by Crippen LogP contribution is -2.19. The van der Waals surface area contributed by atoms with Crippen molar-refractivity contribution in [1.82, 2.24) is 19.7 Å². The van der Waals surface area contributed by atoms with Gasteiger partial charge in [-0.3, -0.25) is 14.6 Å². The summed E-state index contributed by atoms with van der Waals surface area (Å²) < 4.78 is 15.4. The van der Waals surface area contributed by atoms with Crippen LogP contribution in [0.3, 0.4) is 0 Å². The molecule has 0 saturated heterocycles. The predicted molar refractivity (Wildman–Crippen MR) is 118 cm³/mol. The molecule has 152 valence electrons. The highest BCUT2D eigenvalue weighted by atomic mass is 19.1. The maximum absolute atomic E-state index is 13.4. The number of halogens is 1. The first-order valence-corrected chi connectivity index (χ1v) is 10.7. The van der Waals surface area contributed by atoms with Crippen molar-refractivity contribution in [2.24, 2.45) is 5.92 Å². The van der Waals surface area contributed by atoms with E-state index in [9.17, 15) is 4.39 Å². The van der Waals surface area contributed by atoms with Crippen molar-refractivity contribution in [3.8, 4) is 22.4 Å². The van der Waals surface area contributed by atoms with Crippen LogP contribution in [-0.4, -0.2) is 25.9 Å². The van der Waals surface area contributed by atoms with Crippen molar-refractivity contribution < 1.29 is 4.39 Å². The van der Waals surface area contributed by atoms with Crippen LogP contribution in [-0.2, 0) is 6.54 Å². The molecule has 1 aliphatic rings. The van der Waals surface area contributed by atoms with E-state index in [1.807, 2.05) is 36.1 Å². The number of aryl methyl sites for hydroxylation is 1. The van der Waals surface area contributed by atoms with Gasteiger partial charge in [0.05, 0.1) is 17.4 Å². The van der Waals surface area contributed by atoms with Crippen LogP contribution in [0.4, 0.5) is 4.39 Å². The van der Waals surface area contributed by atoms with Gasteiger partial charge < -0.3 is 0 Å². The summed E-state index contributed by atoms with van der Waals surface area (Å²) in [6.07, 6.45) is 8.45. The third-order valence-electron chi connectivity index (χ3n) is 6.08. The molecule has 0 N–H and O–H groups in total. The number of hydrogen-bond acceptors (Lipinski definition) is 3. The van der Waals surface area contributed by atoms with Gasteiger partial charge in [-0.2, -0.15) is 5.10 Å². The smallest absolute Gasteiger partial charge is 0.100 e. The van der Waals surface area contributed by atoms with E-state index in [1.54, 1.807) is 0 Å². The topological polar surface area (TPSA) is 43.6 Å². The maximum atomic E-state index is 13.4. The standard InChI is InChI=1S/C25H25FN4/c1-17-4-11-23(21-14-28-30(16-21)15-18-5-9-22(26)10-6-18)25(29-17)20-8-7-19-3-2-12-27-24(19)13-20/h2-4,7-8,11-14,16,18,22H,5-6,9-10,15H2,1H3. The van der Waals surface area contributed by atoms with Crippen LogP contribution in [0.15, 0.2) is 61.1 Å². The van der Waals surface area contributed by atoms with Gasteiger partial charge in [0.1, 0.15) is 6.17 Å². The first kappa shape index (κ1) is 18.9. The van der Waals surface area contributed by atoms with Gasteiger partial charge in [0.2, 0.25) is 0 Å². The number of fused-ring (bicyclic) bond motifs is 1. The van der Waals surface area contributed by atoms with Crippen molar-refractivity contribution in [3.63, 3.8) is 0 Å². The van der Waals surface area contributed by atoms with E-state index in [0.29, 0.717) is 18.8 Å². The van der Waals surface area contributed by atoms with Crippen LogP contribution in [0, 0.1) is 12.8 Å². The number of benzene rings is 1. The quantitative estimate of drug-likeness (QED) is 0.422. The monoisotopic (exact) mass is 400 g/mol. The Morgan fingerprint density at radius 1 is 1.03 bits per heavy atom. The summed E-state index contributed by atoms with van der Waals surface area (Å²) in [5, 5.41) is 5.71.